The lowest BCUT2D eigenvalue weighted by Gasteiger charge is -2.21. The summed E-state index contributed by atoms with van der Waals surface area (Å²) < 4.78 is 0. The normalized spacial score (nSPS) is 28.8. The molecule has 0 saturated heterocycles. The first-order valence-electron chi connectivity index (χ1n) is 4.03. The molecule has 1 aliphatic heterocycles. The summed E-state index contributed by atoms with van der Waals surface area (Å²) in [5.74, 6) is 0. The average Bonchev–Trinajstić information content (AvgIpc) is 2.20. The summed E-state index contributed by atoms with van der Waals surface area (Å²) in [5.41, 5.74) is 0. The fourth-order valence-electron chi connectivity index (χ4n) is 1.27. The van der Waals surface area contributed by atoms with Crippen LogP contribution in [0.15, 0.2) is 12.4 Å². The number of hydrogen-bond donors (Lipinski definition) is 1. The second-order valence-electron chi connectivity index (χ2n) is 2.97. The van der Waals surface area contributed by atoms with Gasteiger partial charge in [0.2, 0.25) is 0 Å². The molecule has 3 heteroatoms. The molecule has 66 valence electrons. The van der Waals surface area contributed by atoms with Gasteiger partial charge in [0.1, 0.15) is 6.20 Å². The highest BCUT2D eigenvalue weighted by atomic mass is 79.9. The third kappa shape index (κ3) is 2.49. The lowest BCUT2D eigenvalue weighted by Crippen LogP contribution is -3.08. The molecule has 0 saturated carbocycles. The minimum absolute atomic E-state index is 0. The van der Waals surface area contributed by atoms with Crippen molar-refractivity contribution >= 4 is 0 Å². The highest BCUT2D eigenvalue weighted by molar-refractivity contribution is 4.81. The van der Waals surface area contributed by atoms with E-state index in [1.54, 1.807) is 0 Å². The lowest BCUT2D eigenvalue weighted by atomic mass is 10.4. The monoisotopic (exact) mass is 220 g/mol. The average molecular weight is 221 g/mol. The number of rotatable bonds is 2. The van der Waals surface area contributed by atoms with Crippen molar-refractivity contribution in [3.63, 3.8) is 0 Å². The number of hydrogen-bond acceptors (Lipinski definition) is 1. The van der Waals surface area contributed by atoms with E-state index in [1.807, 2.05) is 0 Å². The van der Waals surface area contributed by atoms with Crippen LogP contribution in [0.2, 0.25) is 0 Å². The van der Waals surface area contributed by atoms with Crippen LogP contribution in [0.4, 0.5) is 0 Å². The standard InChI is InChI=1S/C8H16N2.BrH/c1-4-5-10-7-6-9(3)8(10)2;/h6-8H,4-5H2,1-3H3;1H. The molecule has 0 radical (unpaired) electrons. The molecule has 2 atom stereocenters. The summed E-state index contributed by atoms with van der Waals surface area (Å²) in [5, 5.41) is 0. The van der Waals surface area contributed by atoms with Crippen LogP contribution >= 0.6 is 0 Å². The predicted octanol–water partition coefficient (Wildman–Crippen LogP) is -2.95. The van der Waals surface area contributed by atoms with Gasteiger partial charge in [-0.15, -0.1) is 0 Å². The topological polar surface area (TPSA) is 7.68 Å². The van der Waals surface area contributed by atoms with E-state index in [1.165, 1.54) is 17.9 Å². The van der Waals surface area contributed by atoms with E-state index in [-0.39, 0.29) is 17.0 Å². The molecular weight excluding hydrogens is 204 g/mol. The van der Waals surface area contributed by atoms with Gasteiger partial charge in [-0.1, -0.05) is 6.92 Å². The summed E-state index contributed by atoms with van der Waals surface area (Å²) in [6.45, 7) is 5.66. The minimum atomic E-state index is 0. The van der Waals surface area contributed by atoms with E-state index in [0.717, 1.165) is 0 Å². The first-order valence-corrected chi connectivity index (χ1v) is 4.03. The zero-order chi connectivity index (χ0) is 7.56. The van der Waals surface area contributed by atoms with Crippen molar-refractivity contribution in [2.75, 3.05) is 13.6 Å². The summed E-state index contributed by atoms with van der Waals surface area (Å²) in [6, 6.07) is 0. The van der Waals surface area contributed by atoms with Crippen LogP contribution in [-0.2, 0) is 0 Å². The van der Waals surface area contributed by atoms with E-state index in [4.69, 9.17) is 0 Å². The van der Waals surface area contributed by atoms with Crippen LogP contribution in [-0.4, -0.2) is 24.7 Å². The zero-order valence-corrected chi connectivity index (χ0v) is 9.06. The van der Waals surface area contributed by atoms with Crippen molar-refractivity contribution in [2.45, 2.75) is 26.4 Å². The number of quaternary nitrogens is 1. The van der Waals surface area contributed by atoms with Crippen molar-refractivity contribution in [1.29, 1.82) is 0 Å². The largest absolute Gasteiger partial charge is 1.00 e. The van der Waals surface area contributed by atoms with Gasteiger partial charge in [-0.05, 0) is 6.42 Å². The maximum atomic E-state index is 2.38. The molecule has 0 fully saturated rings. The van der Waals surface area contributed by atoms with E-state index in [2.05, 4.69) is 38.2 Å². The number of nitrogens with one attached hydrogen (secondary N) is 1. The molecule has 0 aromatic carbocycles. The summed E-state index contributed by atoms with van der Waals surface area (Å²) in [4.78, 5) is 3.86. The molecule has 1 rings (SSSR count). The fraction of sp³-hybridized carbons (Fsp3) is 0.750. The smallest absolute Gasteiger partial charge is 0.164 e. The van der Waals surface area contributed by atoms with Crippen molar-refractivity contribution in [2.24, 2.45) is 0 Å². The molecule has 0 amide bonds. The molecule has 2 nitrogen and oxygen atoms in total. The Kier molecular flexibility index (Phi) is 4.77. The van der Waals surface area contributed by atoms with Gasteiger partial charge in [0, 0.05) is 13.5 Å². The Morgan fingerprint density at radius 2 is 2.18 bits per heavy atom. The molecular formula is C8H17BrN2. The second-order valence-corrected chi connectivity index (χ2v) is 2.97. The maximum Gasteiger partial charge on any atom is 0.164 e. The summed E-state index contributed by atoms with van der Waals surface area (Å²) in [6.07, 6.45) is 6.28. The Morgan fingerprint density at radius 3 is 2.55 bits per heavy atom. The van der Waals surface area contributed by atoms with E-state index in [0.29, 0.717) is 6.17 Å². The van der Waals surface area contributed by atoms with Crippen molar-refractivity contribution in [1.82, 2.24) is 4.90 Å². The highest BCUT2D eigenvalue weighted by Crippen LogP contribution is 1.98. The van der Waals surface area contributed by atoms with Gasteiger partial charge in [-0.3, -0.25) is 4.90 Å². The molecule has 0 aromatic heterocycles. The van der Waals surface area contributed by atoms with Gasteiger partial charge >= 0.3 is 0 Å². The third-order valence-electron chi connectivity index (χ3n) is 2.17. The first kappa shape index (κ1) is 11.0. The quantitative estimate of drug-likeness (QED) is 0.524. The van der Waals surface area contributed by atoms with Gasteiger partial charge in [-0.2, -0.15) is 0 Å². The molecule has 0 bridgehead atoms. The molecule has 1 aliphatic rings. The fourth-order valence-corrected chi connectivity index (χ4v) is 1.27. The van der Waals surface area contributed by atoms with Crippen molar-refractivity contribution < 1.29 is 21.9 Å². The molecule has 0 spiro atoms. The van der Waals surface area contributed by atoms with Crippen LogP contribution < -0.4 is 21.9 Å². The number of halogens is 1. The molecule has 0 aromatic rings. The van der Waals surface area contributed by atoms with Crippen LogP contribution in [0.25, 0.3) is 0 Å². The molecule has 1 heterocycles. The SMILES string of the molecule is CCCN1C=C[NH+](C)C1C.[Br-]. The molecule has 2 unspecified atom stereocenters. The Labute approximate surface area is 79.6 Å². The molecule has 11 heavy (non-hydrogen) atoms. The Hall–Kier alpha value is -0.0200. The van der Waals surface area contributed by atoms with Gasteiger partial charge in [0.25, 0.3) is 0 Å². The first-order chi connectivity index (χ1) is 4.75. The van der Waals surface area contributed by atoms with Crippen molar-refractivity contribution in [3.05, 3.63) is 12.4 Å². The number of nitrogens with zero attached hydrogens (tertiary/aromatic N) is 1. The van der Waals surface area contributed by atoms with E-state index in [9.17, 15) is 0 Å². The summed E-state index contributed by atoms with van der Waals surface area (Å²) >= 11 is 0. The third-order valence-corrected chi connectivity index (χ3v) is 2.17. The van der Waals surface area contributed by atoms with Gasteiger partial charge in [0.05, 0.1) is 13.2 Å². The van der Waals surface area contributed by atoms with Gasteiger partial charge in [-0.25, -0.2) is 0 Å². The van der Waals surface area contributed by atoms with Crippen LogP contribution in [0.3, 0.4) is 0 Å². The predicted molar refractivity (Wildman–Crippen MR) is 42.5 cm³/mol. The van der Waals surface area contributed by atoms with E-state index < -0.39 is 0 Å². The van der Waals surface area contributed by atoms with Gasteiger partial charge in [0.15, 0.2) is 6.17 Å². The maximum absolute atomic E-state index is 2.38. The highest BCUT2D eigenvalue weighted by Gasteiger charge is 2.21. The second kappa shape index (κ2) is 4.78. The van der Waals surface area contributed by atoms with Crippen LogP contribution in [0.5, 0.6) is 0 Å². The Balaban J connectivity index is 0.000001000. The lowest BCUT2D eigenvalue weighted by molar-refractivity contribution is -0.854. The van der Waals surface area contributed by atoms with Crippen molar-refractivity contribution in [3.8, 4) is 0 Å². The van der Waals surface area contributed by atoms with E-state index >= 15 is 0 Å². The Bertz CT molecular complexity index is 136. The Morgan fingerprint density at radius 1 is 1.55 bits per heavy atom. The zero-order valence-electron chi connectivity index (χ0n) is 7.47. The van der Waals surface area contributed by atoms with Crippen LogP contribution in [0.1, 0.15) is 20.3 Å². The van der Waals surface area contributed by atoms with Crippen LogP contribution in [0, 0.1) is 0 Å². The minimum Gasteiger partial charge on any atom is -1.00 e. The molecule has 1 N–H and O–H groups in total. The molecule has 0 aliphatic carbocycles. The summed E-state index contributed by atoms with van der Waals surface area (Å²) in [7, 11) is 2.19. The van der Waals surface area contributed by atoms with Gasteiger partial charge < -0.3 is 21.9 Å².